The highest BCUT2D eigenvalue weighted by Gasteiger charge is 2.32. The van der Waals surface area contributed by atoms with Gasteiger partial charge in [0.05, 0.1) is 12.8 Å². The second kappa shape index (κ2) is 5.24. The van der Waals surface area contributed by atoms with Crippen molar-refractivity contribution >= 4 is 10.0 Å². The van der Waals surface area contributed by atoms with Gasteiger partial charge in [-0.05, 0) is 30.0 Å². The lowest BCUT2D eigenvalue weighted by molar-refractivity contribution is 0.224. The quantitative estimate of drug-likeness (QED) is 0.883. The predicted octanol–water partition coefficient (Wildman–Crippen LogP) is 1.34. The van der Waals surface area contributed by atoms with Crippen molar-refractivity contribution in [3.05, 3.63) is 35.5 Å². The zero-order valence-electron chi connectivity index (χ0n) is 12.4. The predicted molar refractivity (Wildman–Crippen MR) is 81.8 cm³/mol. The molecule has 0 saturated carbocycles. The van der Waals surface area contributed by atoms with E-state index in [-0.39, 0.29) is 16.7 Å². The average Bonchev–Trinajstić information content (AvgIpc) is 3.13. The highest BCUT2D eigenvalue weighted by molar-refractivity contribution is 7.89. The Hall–Kier alpha value is -2.06. The molecule has 2 N–H and O–H groups in total. The van der Waals surface area contributed by atoms with Gasteiger partial charge in [0, 0.05) is 19.0 Å². The van der Waals surface area contributed by atoms with Crippen molar-refractivity contribution in [3.8, 4) is 11.6 Å². The van der Waals surface area contributed by atoms with Crippen molar-refractivity contribution in [2.24, 2.45) is 0 Å². The van der Waals surface area contributed by atoms with Gasteiger partial charge in [-0.1, -0.05) is 12.1 Å². The number of sulfonamides is 1. The van der Waals surface area contributed by atoms with Gasteiger partial charge >= 0.3 is 0 Å². The molecule has 0 unspecified atom stereocenters. The molecule has 0 spiro atoms. The van der Waals surface area contributed by atoms with Gasteiger partial charge < -0.3 is 9.84 Å². The number of phenols is 1. The van der Waals surface area contributed by atoms with Crippen LogP contribution in [-0.2, 0) is 23.0 Å². The number of nitrogens with zero attached hydrogens (tertiary/aromatic N) is 2. The second-order valence-electron chi connectivity index (χ2n) is 5.80. The lowest BCUT2D eigenvalue weighted by atomic mass is 10.1. The number of nitrogens with one attached hydrogen (secondary N) is 1. The van der Waals surface area contributed by atoms with Crippen LogP contribution in [0.5, 0.6) is 11.6 Å². The third-order valence-electron chi connectivity index (χ3n) is 4.35. The third kappa shape index (κ3) is 2.38. The summed E-state index contributed by atoms with van der Waals surface area (Å²) in [5, 5.41) is 14.0. The van der Waals surface area contributed by atoms with Crippen LogP contribution in [0.15, 0.2) is 29.3 Å². The fourth-order valence-corrected chi connectivity index (χ4v) is 4.56. The number of aryl methyl sites for hydroxylation is 1. The van der Waals surface area contributed by atoms with Crippen molar-refractivity contribution in [1.82, 2.24) is 14.5 Å². The monoisotopic (exact) mass is 335 g/mol. The van der Waals surface area contributed by atoms with Gasteiger partial charge in [0.25, 0.3) is 0 Å². The van der Waals surface area contributed by atoms with E-state index < -0.39 is 10.0 Å². The smallest absolute Gasteiger partial charge is 0.248 e. The molecule has 1 aromatic heterocycles. The van der Waals surface area contributed by atoms with Gasteiger partial charge in [-0.2, -0.15) is 5.10 Å². The van der Waals surface area contributed by atoms with Gasteiger partial charge in [0.2, 0.25) is 15.9 Å². The van der Waals surface area contributed by atoms with Crippen LogP contribution in [0.1, 0.15) is 30.0 Å². The minimum Gasteiger partial charge on any atom is -0.508 e. The highest BCUT2D eigenvalue weighted by atomic mass is 32.2. The Bertz CT molecular complexity index is 860. The molecule has 2 aliphatic rings. The van der Waals surface area contributed by atoms with Crippen LogP contribution in [0.25, 0.3) is 0 Å². The van der Waals surface area contributed by atoms with Crippen molar-refractivity contribution in [1.29, 1.82) is 0 Å². The molecule has 4 rings (SSSR count). The highest BCUT2D eigenvalue weighted by Crippen LogP contribution is 2.37. The van der Waals surface area contributed by atoms with Crippen LogP contribution < -0.4 is 9.46 Å². The van der Waals surface area contributed by atoms with E-state index in [2.05, 4.69) is 9.82 Å². The first-order chi connectivity index (χ1) is 11.1. The van der Waals surface area contributed by atoms with E-state index in [4.69, 9.17) is 4.74 Å². The van der Waals surface area contributed by atoms with E-state index in [0.717, 1.165) is 17.5 Å². The molecule has 0 saturated heterocycles. The molecule has 1 aromatic carbocycles. The fraction of sp³-hybridized carbons (Fsp3) is 0.400. The summed E-state index contributed by atoms with van der Waals surface area (Å²) in [6, 6.07) is 4.85. The second-order valence-corrected chi connectivity index (χ2v) is 7.48. The zero-order valence-corrected chi connectivity index (χ0v) is 13.2. The summed E-state index contributed by atoms with van der Waals surface area (Å²) >= 11 is 0. The van der Waals surface area contributed by atoms with Gasteiger partial charge in [0.15, 0.2) is 4.90 Å². The number of phenolic OH excluding ortho intramolecular Hbond substituents is 1. The van der Waals surface area contributed by atoms with Crippen LogP contribution in [-0.4, -0.2) is 29.9 Å². The molecule has 2 heterocycles. The van der Waals surface area contributed by atoms with Crippen LogP contribution in [0.2, 0.25) is 0 Å². The number of ether oxygens (including phenoxy) is 1. The average molecular weight is 335 g/mol. The lowest BCUT2D eigenvalue weighted by Crippen LogP contribution is -2.28. The molecule has 1 aliphatic heterocycles. The first kappa shape index (κ1) is 14.5. The summed E-state index contributed by atoms with van der Waals surface area (Å²) in [5.41, 5.74) is 1.64. The Kier molecular flexibility index (Phi) is 3.31. The van der Waals surface area contributed by atoms with E-state index in [1.165, 1.54) is 6.20 Å². The number of rotatable bonds is 3. The number of hydrogen-bond acceptors (Lipinski definition) is 5. The van der Waals surface area contributed by atoms with Crippen LogP contribution in [0, 0.1) is 0 Å². The van der Waals surface area contributed by atoms with Gasteiger partial charge in [-0.25, -0.2) is 17.8 Å². The van der Waals surface area contributed by atoms with E-state index in [1.54, 1.807) is 16.8 Å². The van der Waals surface area contributed by atoms with Gasteiger partial charge in [-0.3, -0.25) is 0 Å². The van der Waals surface area contributed by atoms with Gasteiger partial charge in [-0.15, -0.1) is 0 Å². The number of benzene rings is 1. The maximum atomic E-state index is 12.7. The molecule has 2 aromatic rings. The SMILES string of the molecule is O=S(=O)(N[C@@H]1CCc2c(O)cccc21)c1cnn2c1OCCC2. The Morgan fingerprint density at radius 3 is 3.13 bits per heavy atom. The molecular formula is C15H17N3O4S. The van der Waals surface area contributed by atoms with E-state index >= 15 is 0 Å². The van der Waals surface area contributed by atoms with Crippen molar-refractivity contribution in [2.75, 3.05) is 6.61 Å². The van der Waals surface area contributed by atoms with Crippen molar-refractivity contribution in [3.63, 3.8) is 0 Å². The van der Waals surface area contributed by atoms with Gasteiger partial charge in [0.1, 0.15) is 5.75 Å². The Morgan fingerprint density at radius 2 is 2.26 bits per heavy atom. The molecule has 7 nitrogen and oxygen atoms in total. The maximum absolute atomic E-state index is 12.7. The summed E-state index contributed by atoms with van der Waals surface area (Å²) in [6.45, 7) is 1.15. The summed E-state index contributed by atoms with van der Waals surface area (Å²) in [4.78, 5) is 0.0748. The van der Waals surface area contributed by atoms with Crippen LogP contribution in [0.4, 0.5) is 0 Å². The minimum atomic E-state index is -3.74. The third-order valence-corrected chi connectivity index (χ3v) is 5.80. The first-order valence-corrected chi connectivity index (χ1v) is 9.06. The van der Waals surface area contributed by atoms with E-state index in [9.17, 15) is 13.5 Å². The number of hydrogen-bond donors (Lipinski definition) is 2. The molecule has 23 heavy (non-hydrogen) atoms. The summed E-state index contributed by atoms with van der Waals surface area (Å²) < 4.78 is 35.2. The van der Waals surface area contributed by atoms with Crippen molar-refractivity contribution in [2.45, 2.75) is 36.7 Å². The normalized spacial score (nSPS) is 19.9. The molecule has 1 atom stereocenters. The first-order valence-electron chi connectivity index (χ1n) is 7.58. The topological polar surface area (TPSA) is 93.5 Å². The number of aromatic nitrogens is 2. The zero-order chi connectivity index (χ0) is 16.0. The summed E-state index contributed by atoms with van der Waals surface area (Å²) in [6.07, 6.45) is 3.42. The molecule has 1 aliphatic carbocycles. The maximum Gasteiger partial charge on any atom is 0.248 e. The number of fused-ring (bicyclic) bond motifs is 2. The van der Waals surface area contributed by atoms with E-state index in [0.29, 0.717) is 31.9 Å². The minimum absolute atomic E-state index is 0.0748. The summed E-state index contributed by atoms with van der Waals surface area (Å²) in [5.74, 6) is 0.522. The van der Waals surface area contributed by atoms with Crippen molar-refractivity contribution < 1.29 is 18.3 Å². The molecule has 0 radical (unpaired) electrons. The summed E-state index contributed by atoms with van der Waals surface area (Å²) in [7, 11) is -3.74. The lowest BCUT2D eigenvalue weighted by Gasteiger charge is -2.18. The fourth-order valence-electron chi connectivity index (χ4n) is 3.24. The standard InChI is InChI=1S/C15H17N3O4S/c19-13-4-1-3-10-11(13)5-6-12(10)17-23(20,21)14-9-16-18-7-2-8-22-15(14)18/h1,3-4,9,12,17,19H,2,5-8H2/t12-/m1/s1. The Morgan fingerprint density at radius 1 is 1.39 bits per heavy atom. The van der Waals surface area contributed by atoms with Crippen LogP contribution >= 0.6 is 0 Å². The van der Waals surface area contributed by atoms with E-state index in [1.807, 2.05) is 6.07 Å². The molecule has 0 fully saturated rings. The number of aromatic hydroxyl groups is 1. The molecule has 122 valence electrons. The molecule has 0 amide bonds. The molecule has 8 heteroatoms. The Labute approximate surface area is 133 Å². The Balaban J connectivity index is 1.65. The van der Waals surface area contributed by atoms with Crippen LogP contribution in [0.3, 0.4) is 0 Å². The molecular weight excluding hydrogens is 318 g/mol. The largest absolute Gasteiger partial charge is 0.508 e. The molecule has 0 bridgehead atoms.